The molecule has 0 amide bonds. The second kappa shape index (κ2) is 9.06. The first-order valence-electron chi connectivity index (χ1n) is 8.55. The van der Waals surface area contributed by atoms with E-state index in [1.54, 1.807) is 18.2 Å². The zero-order valence-electron chi connectivity index (χ0n) is 13.5. The van der Waals surface area contributed by atoms with Crippen LogP contribution in [-0.4, -0.2) is 6.61 Å². The van der Waals surface area contributed by atoms with Gasteiger partial charge in [-0.2, -0.15) is 5.26 Å². The van der Waals surface area contributed by atoms with E-state index in [1.165, 1.54) is 51.4 Å². The average Bonchev–Trinajstić information content (AvgIpc) is 2.55. The summed E-state index contributed by atoms with van der Waals surface area (Å²) in [5.41, 5.74) is 0.574. The number of hydrogen-bond donors (Lipinski definition) is 0. The van der Waals surface area contributed by atoms with Gasteiger partial charge in [0.15, 0.2) is 0 Å². The number of nitriles is 1. The lowest BCUT2D eigenvalue weighted by molar-refractivity contribution is 0.178. The van der Waals surface area contributed by atoms with Gasteiger partial charge in [0, 0.05) is 0 Å². The van der Waals surface area contributed by atoms with E-state index in [0.717, 1.165) is 12.5 Å². The molecule has 0 aliphatic heterocycles. The lowest BCUT2D eigenvalue weighted by Crippen LogP contribution is -2.20. The standard InChI is InChI=1S/C19H26ClNO/c1-2-3-4-5-15-6-8-16(9-7-15)14-22-19-11-10-17(13-21)12-18(19)20/h10-12,15-16H,2-9,14H2,1H3/t15-,16-. The van der Waals surface area contributed by atoms with Crippen LogP contribution >= 0.6 is 11.6 Å². The second-order valence-electron chi connectivity index (χ2n) is 6.45. The van der Waals surface area contributed by atoms with Gasteiger partial charge in [-0.25, -0.2) is 0 Å². The Morgan fingerprint density at radius 1 is 1.18 bits per heavy atom. The van der Waals surface area contributed by atoms with Gasteiger partial charge in [-0.3, -0.25) is 0 Å². The molecule has 2 nitrogen and oxygen atoms in total. The molecule has 1 saturated carbocycles. The number of hydrogen-bond acceptors (Lipinski definition) is 2. The van der Waals surface area contributed by atoms with Crippen LogP contribution in [0.25, 0.3) is 0 Å². The van der Waals surface area contributed by atoms with Crippen molar-refractivity contribution in [3.63, 3.8) is 0 Å². The Morgan fingerprint density at radius 2 is 1.91 bits per heavy atom. The van der Waals surface area contributed by atoms with Crippen LogP contribution in [0.3, 0.4) is 0 Å². The highest BCUT2D eigenvalue weighted by Crippen LogP contribution is 2.33. The number of ether oxygens (including phenoxy) is 1. The van der Waals surface area contributed by atoms with Crippen LogP contribution in [0.2, 0.25) is 5.02 Å². The minimum atomic E-state index is 0.535. The number of unbranched alkanes of at least 4 members (excludes halogenated alkanes) is 2. The molecule has 1 aliphatic carbocycles. The fourth-order valence-corrected chi connectivity index (χ4v) is 3.50. The largest absolute Gasteiger partial charge is 0.492 e. The first-order chi connectivity index (χ1) is 10.7. The second-order valence-corrected chi connectivity index (χ2v) is 6.86. The molecule has 1 aromatic rings. The monoisotopic (exact) mass is 319 g/mol. The topological polar surface area (TPSA) is 33.0 Å². The van der Waals surface area contributed by atoms with E-state index in [-0.39, 0.29) is 0 Å². The predicted molar refractivity (Wildman–Crippen MR) is 91.3 cm³/mol. The van der Waals surface area contributed by atoms with Crippen LogP contribution in [0, 0.1) is 23.2 Å². The average molecular weight is 320 g/mol. The number of benzene rings is 1. The Bertz CT molecular complexity index is 501. The van der Waals surface area contributed by atoms with Gasteiger partial charge < -0.3 is 4.74 Å². The van der Waals surface area contributed by atoms with E-state index in [0.29, 0.717) is 22.3 Å². The number of rotatable bonds is 7. The van der Waals surface area contributed by atoms with Gasteiger partial charge in [-0.15, -0.1) is 0 Å². The minimum Gasteiger partial charge on any atom is -0.492 e. The lowest BCUT2D eigenvalue weighted by atomic mass is 9.80. The summed E-state index contributed by atoms with van der Waals surface area (Å²) in [6, 6.07) is 7.31. The van der Waals surface area contributed by atoms with Gasteiger partial charge in [0.05, 0.1) is 23.3 Å². The molecular weight excluding hydrogens is 294 g/mol. The van der Waals surface area contributed by atoms with E-state index in [1.807, 2.05) is 0 Å². The van der Waals surface area contributed by atoms with Gasteiger partial charge in [0.2, 0.25) is 0 Å². The number of halogens is 1. The molecule has 0 unspecified atom stereocenters. The molecule has 0 aromatic heterocycles. The van der Waals surface area contributed by atoms with Gasteiger partial charge in [0.1, 0.15) is 5.75 Å². The van der Waals surface area contributed by atoms with Crippen molar-refractivity contribution in [3.05, 3.63) is 28.8 Å². The molecule has 0 bridgehead atoms. The van der Waals surface area contributed by atoms with E-state index in [9.17, 15) is 0 Å². The van der Waals surface area contributed by atoms with Crippen LogP contribution in [0.1, 0.15) is 63.9 Å². The fourth-order valence-electron chi connectivity index (χ4n) is 3.26. The normalized spacial score (nSPS) is 21.3. The highest BCUT2D eigenvalue weighted by atomic mass is 35.5. The Morgan fingerprint density at radius 3 is 2.55 bits per heavy atom. The fraction of sp³-hybridized carbons (Fsp3) is 0.632. The lowest BCUT2D eigenvalue weighted by Gasteiger charge is -2.28. The van der Waals surface area contributed by atoms with Crippen molar-refractivity contribution >= 4 is 11.6 Å². The van der Waals surface area contributed by atoms with E-state index < -0.39 is 0 Å². The van der Waals surface area contributed by atoms with Crippen molar-refractivity contribution in [2.45, 2.75) is 58.3 Å². The SMILES string of the molecule is CCCCC[C@H]1CC[C@H](COc2ccc(C#N)cc2Cl)CC1. The summed E-state index contributed by atoms with van der Waals surface area (Å²) in [6.45, 7) is 3.01. The Kier molecular flexibility index (Phi) is 7.06. The third kappa shape index (κ3) is 5.21. The Balaban J connectivity index is 1.72. The van der Waals surface area contributed by atoms with Crippen molar-refractivity contribution in [3.8, 4) is 11.8 Å². The molecule has 120 valence electrons. The molecule has 1 aromatic carbocycles. The summed E-state index contributed by atoms with van der Waals surface area (Å²) in [7, 11) is 0. The van der Waals surface area contributed by atoms with Gasteiger partial charge in [-0.05, 0) is 42.9 Å². The Hall–Kier alpha value is -1.20. The molecule has 0 N–H and O–H groups in total. The molecular formula is C19H26ClNO. The summed E-state index contributed by atoms with van der Waals surface area (Å²) in [5, 5.41) is 9.37. The van der Waals surface area contributed by atoms with Gasteiger partial charge in [0.25, 0.3) is 0 Å². The molecule has 2 rings (SSSR count). The Labute approximate surface area is 139 Å². The van der Waals surface area contributed by atoms with Gasteiger partial charge in [-0.1, -0.05) is 57.0 Å². The molecule has 0 radical (unpaired) electrons. The van der Waals surface area contributed by atoms with Crippen molar-refractivity contribution in [1.82, 2.24) is 0 Å². The van der Waals surface area contributed by atoms with E-state index in [2.05, 4.69) is 13.0 Å². The maximum atomic E-state index is 8.84. The molecule has 1 fully saturated rings. The number of nitrogens with zero attached hydrogens (tertiary/aromatic N) is 1. The van der Waals surface area contributed by atoms with E-state index in [4.69, 9.17) is 21.6 Å². The third-order valence-electron chi connectivity index (χ3n) is 4.72. The summed E-state index contributed by atoms with van der Waals surface area (Å²) in [5.74, 6) is 2.28. The summed E-state index contributed by atoms with van der Waals surface area (Å²) in [4.78, 5) is 0. The van der Waals surface area contributed by atoms with Gasteiger partial charge >= 0.3 is 0 Å². The van der Waals surface area contributed by atoms with Crippen LogP contribution in [0.4, 0.5) is 0 Å². The van der Waals surface area contributed by atoms with E-state index >= 15 is 0 Å². The molecule has 22 heavy (non-hydrogen) atoms. The quantitative estimate of drug-likeness (QED) is 0.579. The smallest absolute Gasteiger partial charge is 0.137 e. The zero-order chi connectivity index (χ0) is 15.8. The molecule has 0 heterocycles. The van der Waals surface area contributed by atoms with Crippen molar-refractivity contribution in [2.24, 2.45) is 11.8 Å². The summed E-state index contributed by atoms with van der Waals surface area (Å²) in [6.07, 6.45) is 10.7. The van der Waals surface area contributed by atoms with Crippen molar-refractivity contribution in [1.29, 1.82) is 5.26 Å². The van der Waals surface area contributed by atoms with Crippen molar-refractivity contribution < 1.29 is 4.74 Å². The molecule has 0 saturated heterocycles. The maximum absolute atomic E-state index is 8.84. The molecule has 0 spiro atoms. The molecule has 1 aliphatic rings. The highest BCUT2D eigenvalue weighted by molar-refractivity contribution is 6.32. The first kappa shape index (κ1) is 17.2. The van der Waals surface area contributed by atoms with Crippen LogP contribution in [0.5, 0.6) is 5.75 Å². The predicted octanol–water partition coefficient (Wildman–Crippen LogP) is 5.98. The van der Waals surface area contributed by atoms with Crippen LogP contribution in [-0.2, 0) is 0 Å². The highest BCUT2D eigenvalue weighted by Gasteiger charge is 2.21. The van der Waals surface area contributed by atoms with Crippen LogP contribution < -0.4 is 4.74 Å². The first-order valence-corrected chi connectivity index (χ1v) is 8.93. The minimum absolute atomic E-state index is 0.535. The summed E-state index contributed by atoms with van der Waals surface area (Å²) >= 11 is 6.14. The van der Waals surface area contributed by atoms with Crippen LogP contribution in [0.15, 0.2) is 18.2 Å². The third-order valence-corrected chi connectivity index (χ3v) is 5.01. The summed E-state index contributed by atoms with van der Waals surface area (Å²) < 4.78 is 5.87. The molecule has 3 heteroatoms. The zero-order valence-corrected chi connectivity index (χ0v) is 14.2. The van der Waals surface area contributed by atoms with Crippen molar-refractivity contribution in [2.75, 3.05) is 6.61 Å². The maximum Gasteiger partial charge on any atom is 0.137 e. The molecule has 0 atom stereocenters.